The van der Waals surface area contributed by atoms with Gasteiger partial charge in [0, 0.05) is 0 Å². The van der Waals surface area contributed by atoms with Crippen LogP contribution >= 0.6 is 0 Å². The summed E-state index contributed by atoms with van der Waals surface area (Å²) in [6, 6.07) is 11.2. The van der Waals surface area contributed by atoms with E-state index in [1.54, 1.807) is 12.5 Å². The number of hydrogen-bond donors (Lipinski definition) is 0. The predicted molar refractivity (Wildman–Crippen MR) is 50.7 cm³/mol. The van der Waals surface area contributed by atoms with Crippen LogP contribution in [0.3, 0.4) is 0 Å². The normalized spacial score (nSPS) is 17.3. The molecule has 1 aliphatic rings. The fourth-order valence-corrected chi connectivity index (χ4v) is 8.13. The van der Waals surface area contributed by atoms with Gasteiger partial charge in [0.15, 0.2) is 0 Å². The van der Waals surface area contributed by atoms with Crippen molar-refractivity contribution in [2.45, 2.75) is 21.8 Å². The molecule has 2 heteroatoms. The Morgan fingerprint density at radius 3 is 2.08 bits per heavy atom. The van der Waals surface area contributed by atoms with Gasteiger partial charge in [-0.05, 0) is 0 Å². The quantitative estimate of drug-likeness (QED) is 0.595. The Bertz CT molecular complexity index is 217. The summed E-state index contributed by atoms with van der Waals surface area (Å²) in [4.78, 5) is 0. The van der Waals surface area contributed by atoms with Crippen molar-refractivity contribution in [1.29, 1.82) is 0 Å². The molecule has 1 aromatic rings. The second kappa shape index (κ2) is 5.12. The Labute approximate surface area is 87.4 Å². The molecule has 0 nitrogen and oxygen atoms in total. The minimum absolute atomic E-state index is 0. The average molecular weight is 296 g/mol. The molecule has 0 atom stereocenters. The molecule has 0 saturated carbocycles. The Morgan fingerprint density at radius 1 is 0.917 bits per heavy atom. The van der Waals surface area contributed by atoms with Gasteiger partial charge in [0.1, 0.15) is 0 Å². The molecule has 0 bridgehead atoms. The van der Waals surface area contributed by atoms with Crippen LogP contribution in [0.5, 0.6) is 0 Å². The monoisotopic (exact) mass is 298 g/mol. The van der Waals surface area contributed by atoms with Crippen molar-refractivity contribution in [3.8, 4) is 0 Å². The van der Waals surface area contributed by atoms with Gasteiger partial charge < -0.3 is 12.4 Å². The van der Waals surface area contributed by atoms with Gasteiger partial charge in [0.05, 0.1) is 0 Å². The SMILES string of the molecule is [Cl-].c1ccc([Te+]2CCCC2)cc1. The van der Waals surface area contributed by atoms with Crippen LogP contribution in [0, 0.1) is 0 Å². The number of rotatable bonds is 1. The average Bonchev–Trinajstić information content (AvgIpc) is 2.58. The van der Waals surface area contributed by atoms with E-state index >= 15 is 0 Å². The van der Waals surface area contributed by atoms with E-state index in [0.717, 1.165) is 0 Å². The van der Waals surface area contributed by atoms with E-state index in [4.69, 9.17) is 0 Å². The summed E-state index contributed by atoms with van der Waals surface area (Å²) >= 11 is -0.733. The standard InChI is InChI=1S/C10H13Te.ClH/c1-2-6-10(7-3-1)11-8-4-5-9-11;/h1-3,6-7H,4-5,8-9H2;1H/q+1;/p-1. The third kappa shape index (κ3) is 2.39. The third-order valence-corrected chi connectivity index (χ3v) is 9.25. The maximum atomic E-state index is 2.34. The zero-order valence-corrected chi connectivity index (χ0v) is 10.1. The molecule has 66 valence electrons. The van der Waals surface area contributed by atoms with Crippen molar-refractivity contribution < 1.29 is 12.4 Å². The van der Waals surface area contributed by atoms with Gasteiger partial charge in [-0.3, -0.25) is 0 Å². The molecule has 0 aliphatic carbocycles. The topological polar surface area (TPSA) is 0 Å². The first-order chi connectivity index (χ1) is 5.47. The van der Waals surface area contributed by atoms with Crippen molar-refractivity contribution in [2.24, 2.45) is 0 Å². The number of halogens is 1. The first kappa shape index (κ1) is 10.4. The van der Waals surface area contributed by atoms with Crippen LogP contribution in [0.1, 0.15) is 12.8 Å². The molecule has 0 amide bonds. The molecule has 1 heterocycles. The van der Waals surface area contributed by atoms with Crippen LogP contribution in [-0.4, -0.2) is 19.6 Å². The van der Waals surface area contributed by atoms with E-state index in [2.05, 4.69) is 30.3 Å². The molecule has 1 saturated heterocycles. The molecule has 12 heavy (non-hydrogen) atoms. The maximum absolute atomic E-state index is 2.34. The van der Waals surface area contributed by atoms with Crippen LogP contribution in [0.2, 0.25) is 8.94 Å². The molecule has 1 aliphatic heterocycles. The minimum atomic E-state index is -0.733. The van der Waals surface area contributed by atoms with Gasteiger partial charge in [-0.25, -0.2) is 0 Å². The van der Waals surface area contributed by atoms with Crippen molar-refractivity contribution in [3.63, 3.8) is 0 Å². The van der Waals surface area contributed by atoms with Crippen LogP contribution < -0.4 is 16.0 Å². The molecule has 0 spiro atoms. The van der Waals surface area contributed by atoms with Gasteiger partial charge >= 0.3 is 75.3 Å². The molecule has 2 rings (SSSR count). The van der Waals surface area contributed by atoms with Gasteiger partial charge in [-0.1, -0.05) is 0 Å². The summed E-state index contributed by atoms with van der Waals surface area (Å²) in [6.45, 7) is 0. The van der Waals surface area contributed by atoms with E-state index in [1.807, 2.05) is 0 Å². The molecule has 0 N–H and O–H groups in total. The first-order valence-corrected chi connectivity index (χ1v) is 8.65. The molecular weight excluding hydrogens is 283 g/mol. The Balaban J connectivity index is 0.000000720. The Morgan fingerprint density at radius 2 is 1.50 bits per heavy atom. The van der Waals surface area contributed by atoms with Crippen molar-refractivity contribution >= 4 is 23.2 Å². The molecule has 0 unspecified atom stereocenters. The van der Waals surface area contributed by atoms with E-state index in [-0.39, 0.29) is 12.4 Å². The predicted octanol–water partition coefficient (Wildman–Crippen LogP) is -0.814. The number of benzene rings is 1. The second-order valence-corrected chi connectivity index (χ2v) is 9.41. The Hall–Kier alpha value is 0.300. The zero-order chi connectivity index (χ0) is 7.52. The van der Waals surface area contributed by atoms with E-state index in [9.17, 15) is 0 Å². The van der Waals surface area contributed by atoms with Gasteiger partial charge in [0.25, 0.3) is 0 Å². The van der Waals surface area contributed by atoms with Gasteiger partial charge in [-0.15, -0.1) is 0 Å². The van der Waals surface area contributed by atoms with E-state index in [1.165, 1.54) is 12.8 Å². The summed E-state index contributed by atoms with van der Waals surface area (Å²) in [7, 11) is 0. The summed E-state index contributed by atoms with van der Waals surface area (Å²) in [5, 5.41) is 0. The summed E-state index contributed by atoms with van der Waals surface area (Å²) in [5.74, 6) is 0. The van der Waals surface area contributed by atoms with Crippen molar-refractivity contribution in [2.75, 3.05) is 0 Å². The summed E-state index contributed by atoms with van der Waals surface area (Å²) < 4.78 is 4.87. The Kier molecular flexibility index (Phi) is 4.43. The van der Waals surface area contributed by atoms with E-state index < -0.39 is 19.6 Å². The van der Waals surface area contributed by atoms with Crippen LogP contribution in [-0.2, 0) is 0 Å². The van der Waals surface area contributed by atoms with Crippen LogP contribution in [0.25, 0.3) is 0 Å². The molecular formula is C10H13ClTe. The van der Waals surface area contributed by atoms with Crippen molar-refractivity contribution in [3.05, 3.63) is 30.3 Å². The molecule has 0 radical (unpaired) electrons. The molecule has 1 aromatic carbocycles. The van der Waals surface area contributed by atoms with Gasteiger partial charge in [-0.2, -0.15) is 0 Å². The fraction of sp³-hybridized carbons (Fsp3) is 0.400. The summed E-state index contributed by atoms with van der Waals surface area (Å²) in [5.41, 5.74) is 0. The molecule has 0 aromatic heterocycles. The van der Waals surface area contributed by atoms with Crippen LogP contribution in [0.4, 0.5) is 0 Å². The third-order valence-electron chi connectivity index (χ3n) is 2.11. The van der Waals surface area contributed by atoms with Crippen LogP contribution in [0.15, 0.2) is 30.3 Å². The first-order valence-electron chi connectivity index (χ1n) is 4.19. The fourth-order valence-electron chi connectivity index (χ4n) is 1.50. The number of hydrogen-bond acceptors (Lipinski definition) is 0. The van der Waals surface area contributed by atoms with Crippen molar-refractivity contribution in [1.82, 2.24) is 0 Å². The zero-order valence-electron chi connectivity index (χ0n) is 7.00. The summed E-state index contributed by atoms with van der Waals surface area (Å²) in [6.07, 6.45) is 3.01. The van der Waals surface area contributed by atoms with E-state index in [0.29, 0.717) is 0 Å². The molecule has 1 fully saturated rings. The van der Waals surface area contributed by atoms with Gasteiger partial charge in [0.2, 0.25) is 0 Å². The second-order valence-electron chi connectivity index (χ2n) is 2.92.